The molecule has 0 amide bonds. The highest BCUT2D eigenvalue weighted by molar-refractivity contribution is 5.28. The number of ether oxygens (including phenoxy) is 1. The van der Waals surface area contributed by atoms with Gasteiger partial charge in [-0.25, -0.2) is 4.98 Å². The molecule has 0 aliphatic heterocycles. The summed E-state index contributed by atoms with van der Waals surface area (Å²) in [6, 6.07) is 3.97. The highest BCUT2D eigenvalue weighted by Crippen LogP contribution is 2.24. The van der Waals surface area contributed by atoms with Gasteiger partial charge in [0.25, 0.3) is 0 Å². The molecular formula is C15H24N2O. The molecule has 100 valence electrons. The molecule has 0 atom stereocenters. The maximum atomic E-state index is 5.71. The van der Waals surface area contributed by atoms with Crippen LogP contribution in [0.3, 0.4) is 0 Å². The van der Waals surface area contributed by atoms with E-state index in [0.29, 0.717) is 19.0 Å². The van der Waals surface area contributed by atoms with Gasteiger partial charge < -0.3 is 10.5 Å². The summed E-state index contributed by atoms with van der Waals surface area (Å²) in [5.41, 5.74) is 7.80. The van der Waals surface area contributed by atoms with Crippen molar-refractivity contribution < 1.29 is 4.74 Å². The molecule has 0 aliphatic rings. The van der Waals surface area contributed by atoms with E-state index in [1.54, 1.807) is 0 Å². The first-order valence-corrected chi connectivity index (χ1v) is 6.42. The molecule has 0 spiro atoms. The van der Waals surface area contributed by atoms with Gasteiger partial charge in [-0.05, 0) is 24.5 Å². The van der Waals surface area contributed by atoms with Crippen molar-refractivity contribution in [3.05, 3.63) is 36.0 Å². The number of pyridine rings is 1. The molecular weight excluding hydrogens is 224 g/mol. The number of rotatable bonds is 6. The lowest BCUT2D eigenvalue weighted by Gasteiger charge is -2.19. The number of unbranched alkanes of at least 4 members (excludes halogenated alkanes) is 1. The lowest BCUT2D eigenvalue weighted by atomic mass is 9.91. The largest absolute Gasteiger partial charge is 0.478 e. The predicted octanol–water partition coefficient (Wildman–Crippen LogP) is 3.18. The van der Waals surface area contributed by atoms with Crippen molar-refractivity contribution in [3.63, 3.8) is 0 Å². The van der Waals surface area contributed by atoms with Crippen molar-refractivity contribution >= 4 is 0 Å². The molecule has 0 aromatic carbocycles. The monoisotopic (exact) mass is 248 g/mol. The van der Waals surface area contributed by atoms with Crippen LogP contribution in [0.2, 0.25) is 0 Å². The van der Waals surface area contributed by atoms with Crippen LogP contribution < -0.4 is 10.5 Å². The maximum Gasteiger partial charge on any atom is 0.213 e. The van der Waals surface area contributed by atoms with E-state index in [1.165, 1.54) is 0 Å². The van der Waals surface area contributed by atoms with Gasteiger partial charge in [0.1, 0.15) is 0 Å². The summed E-state index contributed by atoms with van der Waals surface area (Å²) in [5.74, 6) is 0.673. The van der Waals surface area contributed by atoms with Crippen LogP contribution in [-0.2, 0) is 12.0 Å². The van der Waals surface area contributed by atoms with E-state index in [4.69, 9.17) is 10.5 Å². The van der Waals surface area contributed by atoms with Crippen molar-refractivity contribution in [1.29, 1.82) is 0 Å². The van der Waals surface area contributed by atoms with Crippen molar-refractivity contribution in [3.8, 4) is 5.88 Å². The molecule has 18 heavy (non-hydrogen) atoms. The number of allylic oxidation sites excluding steroid dienone is 1. The number of aromatic nitrogens is 1. The molecule has 0 unspecified atom stereocenters. The molecule has 1 heterocycles. The number of nitrogens with two attached hydrogens (primary N) is 1. The maximum absolute atomic E-state index is 5.71. The molecule has 0 radical (unpaired) electrons. The molecule has 3 heteroatoms. The van der Waals surface area contributed by atoms with E-state index in [2.05, 4.69) is 38.4 Å². The van der Waals surface area contributed by atoms with Gasteiger partial charge in [0.15, 0.2) is 0 Å². The van der Waals surface area contributed by atoms with E-state index < -0.39 is 0 Å². The fourth-order valence-electron chi connectivity index (χ4n) is 1.54. The van der Waals surface area contributed by atoms with Crippen LogP contribution in [0.15, 0.2) is 24.8 Å². The van der Waals surface area contributed by atoms with Crippen molar-refractivity contribution in [1.82, 2.24) is 4.98 Å². The zero-order valence-corrected chi connectivity index (χ0v) is 11.7. The van der Waals surface area contributed by atoms with Gasteiger partial charge in [-0.2, -0.15) is 0 Å². The highest BCUT2D eigenvalue weighted by Gasteiger charge is 2.17. The van der Waals surface area contributed by atoms with Crippen LogP contribution in [0.1, 0.15) is 44.9 Å². The minimum Gasteiger partial charge on any atom is -0.478 e. The average molecular weight is 248 g/mol. The van der Waals surface area contributed by atoms with Crippen LogP contribution in [0.4, 0.5) is 0 Å². The second-order valence-electron chi connectivity index (χ2n) is 5.43. The first-order chi connectivity index (χ1) is 8.47. The van der Waals surface area contributed by atoms with Gasteiger partial charge in [0, 0.05) is 18.0 Å². The Morgan fingerprint density at radius 3 is 2.67 bits per heavy atom. The van der Waals surface area contributed by atoms with Gasteiger partial charge in [0.05, 0.1) is 12.3 Å². The first-order valence-electron chi connectivity index (χ1n) is 6.42. The second-order valence-corrected chi connectivity index (χ2v) is 5.43. The van der Waals surface area contributed by atoms with Gasteiger partial charge in [-0.3, -0.25) is 0 Å². The smallest absolute Gasteiger partial charge is 0.213 e. The molecule has 2 N–H and O–H groups in total. The summed E-state index contributed by atoms with van der Waals surface area (Å²) in [6.07, 6.45) is 3.82. The molecule has 3 nitrogen and oxygen atoms in total. The van der Waals surface area contributed by atoms with Crippen LogP contribution in [0, 0.1) is 0 Å². The number of hydrogen-bond acceptors (Lipinski definition) is 3. The SMILES string of the molecule is C=CCCCOc1cc(CN)cc(C(C)(C)C)n1. The van der Waals surface area contributed by atoms with Crippen LogP contribution in [0.25, 0.3) is 0 Å². The fraction of sp³-hybridized carbons (Fsp3) is 0.533. The highest BCUT2D eigenvalue weighted by atomic mass is 16.5. The molecule has 0 aliphatic carbocycles. The predicted molar refractivity (Wildman–Crippen MR) is 75.8 cm³/mol. The van der Waals surface area contributed by atoms with E-state index in [1.807, 2.05) is 12.1 Å². The van der Waals surface area contributed by atoms with Gasteiger partial charge in [-0.1, -0.05) is 26.8 Å². The second kappa shape index (κ2) is 6.55. The lowest BCUT2D eigenvalue weighted by Crippen LogP contribution is -2.15. The average Bonchev–Trinajstić information content (AvgIpc) is 2.33. The van der Waals surface area contributed by atoms with Gasteiger partial charge in [-0.15, -0.1) is 6.58 Å². The molecule has 1 rings (SSSR count). The number of hydrogen-bond donors (Lipinski definition) is 1. The molecule has 0 saturated heterocycles. The van der Waals surface area contributed by atoms with E-state index in [0.717, 1.165) is 24.1 Å². The van der Waals surface area contributed by atoms with Gasteiger partial charge in [0.2, 0.25) is 5.88 Å². The Morgan fingerprint density at radius 2 is 2.11 bits per heavy atom. The summed E-state index contributed by atoms with van der Waals surface area (Å²) < 4.78 is 5.67. The minimum absolute atomic E-state index is 0.00437. The van der Waals surface area contributed by atoms with E-state index in [9.17, 15) is 0 Å². The Bertz CT molecular complexity index is 394. The summed E-state index contributed by atoms with van der Waals surface area (Å²) in [6.45, 7) is 11.3. The third-order valence-electron chi connectivity index (χ3n) is 2.67. The zero-order chi connectivity index (χ0) is 13.6. The number of nitrogens with zero attached hydrogens (tertiary/aromatic N) is 1. The third-order valence-corrected chi connectivity index (χ3v) is 2.67. The summed E-state index contributed by atoms with van der Waals surface area (Å²) in [4.78, 5) is 4.55. The summed E-state index contributed by atoms with van der Waals surface area (Å²) in [5, 5.41) is 0. The molecule has 1 aromatic heterocycles. The Labute approximate surface area is 110 Å². The molecule has 0 bridgehead atoms. The Kier molecular flexibility index (Phi) is 5.35. The van der Waals surface area contributed by atoms with E-state index in [-0.39, 0.29) is 5.41 Å². The van der Waals surface area contributed by atoms with Crippen LogP contribution in [0.5, 0.6) is 5.88 Å². The molecule has 0 fully saturated rings. The Hall–Kier alpha value is -1.35. The molecule has 0 saturated carbocycles. The molecule has 1 aromatic rings. The standard InChI is InChI=1S/C15H24N2O/c1-5-6-7-8-18-14-10-12(11-16)9-13(17-14)15(2,3)4/h5,9-10H,1,6-8,11,16H2,2-4H3. The minimum atomic E-state index is 0.00437. The Morgan fingerprint density at radius 1 is 1.39 bits per heavy atom. The normalized spacial score (nSPS) is 11.3. The van der Waals surface area contributed by atoms with Crippen molar-refractivity contribution in [2.24, 2.45) is 5.73 Å². The topological polar surface area (TPSA) is 48.1 Å². The van der Waals surface area contributed by atoms with Crippen LogP contribution >= 0.6 is 0 Å². The van der Waals surface area contributed by atoms with Crippen LogP contribution in [-0.4, -0.2) is 11.6 Å². The first kappa shape index (κ1) is 14.7. The van der Waals surface area contributed by atoms with E-state index >= 15 is 0 Å². The summed E-state index contributed by atoms with van der Waals surface area (Å²) in [7, 11) is 0. The van der Waals surface area contributed by atoms with Gasteiger partial charge >= 0.3 is 0 Å². The Balaban J connectivity index is 2.81. The third kappa shape index (κ3) is 4.49. The van der Waals surface area contributed by atoms with Crippen molar-refractivity contribution in [2.45, 2.75) is 45.6 Å². The summed E-state index contributed by atoms with van der Waals surface area (Å²) >= 11 is 0. The fourth-order valence-corrected chi connectivity index (χ4v) is 1.54. The lowest BCUT2D eigenvalue weighted by molar-refractivity contribution is 0.297. The van der Waals surface area contributed by atoms with Crippen molar-refractivity contribution in [2.75, 3.05) is 6.61 Å². The zero-order valence-electron chi connectivity index (χ0n) is 11.7. The quantitative estimate of drug-likeness (QED) is 0.621.